The number of allylic oxidation sites excluding steroid dienone is 4. The first kappa shape index (κ1) is 37.0. The molecule has 0 saturated heterocycles. The van der Waals surface area contributed by atoms with Crippen molar-refractivity contribution < 1.29 is 39.5 Å². The molecule has 10 nitrogen and oxygen atoms in total. The fourth-order valence-electron chi connectivity index (χ4n) is 9.86. The van der Waals surface area contributed by atoms with Gasteiger partial charge < -0.3 is 35.8 Å². The van der Waals surface area contributed by atoms with Crippen molar-refractivity contribution >= 4 is 22.5 Å². The zero-order valence-corrected chi connectivity index (χ0v) is 29.2. The summed E-state index contributed by atoms with van der Waals surface area (Å²) in [5.74, 6) is -2.12. The van der Waals surface area contributed by atoms with Crippen LogP contribution in [0.5, 0.6) is 5.75 Å². The number of aliphatic hydroxyl groups is 4. The summed E-state index contributed by atoms with van der Waals surface area (Å²) in [5.41, 5.74) is -4.40. The number of ketones is 2. The van der Waals surface area contributed by atoms with E-state index in [2.05, 4.69) is 10.3 Å². The number of phenols is 1. The van der Waals surface area contributed by atoms with Crippen molar-refractivity contribution in [1.82, 2.24) is 10.3 Å². The lowest BCUT2D eigenvalue weighted by Crippen LogP contribution is -2.69. The number of hydrogen-bond donors (Lipinski definition) is 7. The number of aromatic hydroxyl groups is 1. The Balaban J connectivity index is 0.000000200. The molecule has 1 aromatic heterocycles. The van der Waals surface area contributed by atoms with Crippen molar-refractivity contribution in [3.05, 3.63) is 64.0 Å². The Morgan fingerprint density at radius 2 is 1.84 bits per heavy atom. The van der Waals surface area contributed by atoms with Gasteiger partial charge in [0.25, 0.3) is 0 Å². The maximum Gasteiger partial charge on any atom is 0.248 e. The average Bonchev–Trinajstić information content (AvgIpc) is 3.25. The molecule has 3 fully saturated rings. The lowest BCUT2D eigenvalue weighted by Gasteiger charge is -2.62. The Morgan fingerprint density at radius 3 is 2.47 bits per heavy atom. The monoisotopic (exact) mass is 682 g/mol. The van der Waals surface area contributed by atoms with Crippen molar-refractivity contribution in [3.63, 3.8) is 0 Å². The first-order valence-corrected chi connectivity index (χ1v) is 17.4. The maximum absolute atomic E-state index is 16.9. The second-order valence-corrected chi connectivity index (χ2v) is 15.3. The summed E-state index contributed by atoms with van der Waals surface area (Å²) in [6, 6.07) is 6.39. The summed E-state index contributed by atoms with van der Waals surface area (Å²) in [6.45, 7) is 10.5. The Labute approximate surface area is 286 Å². The number of carbonyl (C=O) groups is 2. The summed E-state index contributed by atoms with van der Waals surface area (Å²) in [7, 11) is 0. The number of rotatable bonds is 7. The maximum atomic E-state index is 16.9. The third-order valence-electron chi connectivity index (χ3n) is 12.4. The van der Waals surface area contributed by atoms with Gasteiger partial charge in [0.15, 0.2) is 17.2 Å². The van der Waals surface area contributed by atoms with E-state index >= 15 is 4.39 Å². The first-order valence-electron chi connectivity index (χ1n) is 17.4. The summed E-state index contributed by atoms with van der Waals surface area (Å²) in [5, 5.41) is 56.5. The molecule has 2 unspecified atom stereocenters. The summed E-state index contributed by atoms with van der Waals surface area (Å²) < 4.78 is 16.9. The van der Waals surface area contributed by atoms with Gasteiger partial charge in [-0.1, -0.05) is 52.3 Å². The third kappa shape index (κ3) is 5.62. The van der Waals surface area contributed by atoms with Gasteiger partial charge in [-0.05, 0) is 80.7 Å². The average molecular weight is 683 g/mol. The molecule has 1 aromatic carbocycles. The van der Waals surface area contributed by atoms with E-state index in [9.17, 15) is 39.9 Å². The SMILES string of the molecule is CCC(NC(C)C)C(O)c1ccc(O)c2[nH]c(=O)ccc12.C[C@@H]1C[C@H]2[C@@H]3CCC4=CC(=O)C=C[C@]4(C)[C@@]3(F)[C@@H](O)C[C@]2(C)[C@@]1(O)C(=O)CO. The smallest absolute Gasteiger partial charge is 0.248 e. The van der Waals surface area contributed by atoms with Crippen LogP contribution < -0.4 is 10.9 Å². The van der Waals surface area contributed by atoms with Crippen LogP contribution in [0.4, 0.5) is 4.39 Å². The number of aromatic nitrogens is 1. The standard InChI is InChI=1S/C22H29FO5.C16H22N2O3/c1-12-8-16-15-5-4-13-9-14(25)6-7-19(13,2)21(15,23)17(26)10-20(16,3)22(12,28)18(27)11-24;1-4-12(17-9(2)3)16(21)11-5-7-13(19)15-10(11)6-8-14(20)18-15/h6-7,9,12,15-17,24,26,28H,4-5,8,10-11H2,1-3H3;5-9,12,16-17,19,21H,4H2,1-3H3,(H,18,20)/t12-,15+,16+,17+,19+,20+,21+,22+;/m1./s1. The number of nitrogens with one attached hydrogen (secondary N) is 2. The molecule has 10 atom stereocenters. The minimum absolute atomic E-state index is 0.00326. The molecule has 6 rings (SSSR count). The second-order valence-electron chi connectivity index (χ2n) is 15.3. The molecule has 11 heteroatoms. The van der Waals surface area contributed by atoms with Gasteiger partial charge >= 0.3 is 0 Å². The molecule has 4 aliphatic carbocycles. The molecule has 0 radical (unpaired) electrons. The quantitative estimate of drug-likeness (QED) is 0.228. The van der Waals surface area contributed by atoms with Crippen LogP contribution in [0, 0.1) is 28.6 Å². The van der Waals surface area contributed by atoms with E-state index in [-0.39, 0.29) is 41.5 Å². The van der Waals surface area contributed by atoms with Gasteiger partial charge in [-0.3, -0.25) is 14.4 Å². The van der Waals surface area contributed by atoms with Gasteiger partial charge in [-0.15, -0.1) is 0 Å². The summed E-state index contributed by atoms with van der Waals surface area (Å²) in [6.07, 6.45) is 4.49. The summed E-state index contributed by atoms with van der Waals surface area (Å²) in [4.78, 5) is 38.4. The van der Waals surface area contributed by atoms with Gasteiger partial charge in [-0.25, -0.2) is 4.39 Å². The predicted molar refractivity (Wildman–Crippen MR) is 183 cm³/mol. The highest BCUT2D eigenvalue weighted by Gasteiger charge is 2.75. The number of Topliss-reactive ketones (excluding diaryl/α,β-unsaturated/α-hetero) is 1. The lowest BCUT2D eigenvalue weighted by atomic mass is 9.44. The molecule has 0 spiro atoms. The zero-order chi connectivity index (χ0) is 36.3. The molecular weight excluding hydrogens is 631 g/mol. The Bertz CT molecular complexity index is 1740. The molecule has 1 heterocycles. The molecule has 7 N–H and O–H groups in total. The minimum Gasteiger partial charge on any atom is -0.506 e. The molecule has 0 bridgehead atoms. The molecular formula is C38H51FN2O8. The molecule has 2 aromatic rings. The fraction of sp³-hybridized carbons (Fsp3) is 0.605. The number of phenolic OH excluding ortho intramolecular Hbond substituents is 1. The van der Waals surface area contributed by atoms with Crippen LogP contribution in [-0.4, -0.2) is 78.1 Å². The number of aliphatic hydroxyl groups excluding tert-OH is 3. The number of hydrogen-bond acceptors (Lipinski definition) is 9. The number of aromatic amines is 1. The van der Waals surface area contributed by atoms with Crippen molar-refractivity contribution in [2.75, 3.05) is 6.61 Å². The highest BCUT2D eigenvalue weighted by molar-refractivity contribution is 6.01. The molecule has 0 amide bonds. The molecule has 4 aliphatic rings. The third-order valence-corrected chi connectivity index (χ3v) is 12.4. The molecule has 49 heavy (non-hydrogen) atoms. The number of halogens is 1. The van der Waals surface area contributed by atoms with Gasteiger partial charge in [0.1, 0.15) is 18.0 Å². The number of alkyl halides is 1. The van der Waals surface area contributed by atoms with Crippen LogP contribution >= 0.6 is 0 Å². The van der Waals surface area contributed by atoms with E-state index in [0.717, 1.165) is 6.42 Å². The van der Waals surface area contributed by atoms with E-state index in [0.29, 0.717) is 41.3 Å². The van der Waals surface area contributed by atoms with E-state index in [1.54, 1.807) is 39.0 Å². The predicted octanol–water partition coefficient (Wildman–Crippen LogP) is 3.94. The van der Waals surface area contributed by atoms with Crippen molar-refractivity contribution in [1.29, 1.82) is 0 Å². The zero-order valence-electron chi connectivity index (χ0n) is 29.2. The molecule has 0 aliphatic heterocycles. The van der Waals surface area contributed by atoms with Gasteiger partial charge in [0, 0.05) is 40.3 Å². The Morgan fingerprint density at radius 1 is 1.14 bits per heavy atom. The topological polar surface area (TPSA) is 180 Å². The summed E-state index contributed by atoms with van der Waals surface area (Å²) >= 11 is 0. The minimum atomic E-state index is -1.98. The highest BCUT2D eigenvalue weighted by atomic mass is 19.1. The van der Waals surface area contributed by atoms with Crippen LogP contribution in [-0.2, 0) is 9.59 Å². The molecule has 268 valence electrons. The number of benzene rings is 1. The highest BCUT2D eigenvalue weighted by Crippen LogP contribution is 2.70. The second kappa shape index (κ2) is 13.2. The van der Waals surface area contributed by atoms with E-state index in [1.165, 1.54) is 24.3 Å². The van der Waals surface area contributed by atoms with E-state index in [4.69, 9.17) is 0 Å². The number of H-pyrrole nitrogens is 1. The van der Waals surface area contributed by atoms with Crippen molar-refractivity contribution in [2.24, 2.45) is 28.6 Å². The first-order chi connectivity index (χ1) is 22.9. The number of fused-ring (bicyclic) bond motifs is 6. The van der Waals surface area contributed by atoms with Crippen LogP contribution in [0.15, 0.2) is 52.9 Å². The van der Waals surface area contributed by atoms with E-state index in [1.807, 2.05) is 20.8 Å². The van der Waals surface area contributed by atoms with Crippen LogP contribution in [0.3, 0.4) is 0 Å². The van der Waals surface area contributed by atoms with Gasteiger partial charge in [0.2, 0.25) is 5.56 Å². The normalized spacial score (nSPS) is 36.2. The van der Waals surface area contributed by atoms with Crippen LogP contribution in [0.2, 0.25) is 0 Å². The van der Waals surface area contributed by atoms with E-state index < -0.39 is 58.5 Å². The van der Waals surface area contributed by atoms with Gasteiger partial charge in [-0.2, -0.15) is 0 Å². The lowest BCUT2D eigenvalue weighted by molar-refractivity contribution is -0.219. The number of carbonyl (C=O) groups excluding carboxylic acids is 2. The van der Waals surface area contributed by atoms with Crippen LogP contribution in [0.25, 0.3) is 10.9 Å². The van der Waals surface area contributed by atoms with Crippen molar-refractivity contribution in [2.45, 2.75) is 109 Å². The van der Waals surface area contributed by atoms with Crippen LogP contribution in [0.1, 0.15) is 85.3 Å². The fourth-order valence-corrected chi connectivity index (χ4v) is 9.86. The Hall–Kier alpha value is -3.22. The van der Waals surface area contributed by atoms with Crippen molar-refractivity contribution in [3.8, 4) is 5.75 Å². The number of pyridine rings is 1. The largest absolute Gasteiger partial charge is 0.506 e. The van der Waals surface area contributed by atoms with Gasteiger partial charge in [0.05, 0.1) is 17.7 Å². The molecule has 3 saturated carbocycles. The Kier molecular flexibility index (Phi) is 9.94.